The van der Waals surface area contributed by atoms with Gasteiger partial charge in [0, 0.05) is 37.6 Å². The van der Waals surface area contributed by atoms with Crippen LogP contribution in [0, 0.1) is 0 Å². The number of aryl methyl sites for hydroxylation is 1. The molecule has 0 radical (unpaired) electrons. The van der Waals surface area contributed by atoms with Crippen LogP contribution in [0.3, 0.4) is 0 Å². The van der Waals surface area contributed by atoms with Crippen LogP contribution in [0.4, 0.5) is 0 Å². The van der Waals surface area contributed by atoms with Gasteiger partial charge < -0.3 is 10.1 Å². The summed E-state index contributed by atoms with van der Waals surface area (Å²) in [7, 11) is 0. The molecule has 1 aliphatic heterocycles. The maximum atomic E-state index is 5.83. The molecule has 0 bridgehead atoms. The Morgan fingerprint density at radius 3 is 3.16 bits per heavy atom. The highest BCUT2D eigenvalue weighted by Crippen LogP contribution is 2.28. The van der Waals surface area contributed by atoms with Crippen LogP contribution in [0.1, 0.15) is 30.5 Å². The van der Waals surface area contributed by atoms with Gasteiger partial charge in [0.25, 0.3) is 0 Å². The van der Waals surface area contributed by atoms with Crippen LogP contribution in [-0.2, 0) is 17.7 Å². The molecular formula is C14H23N3OS. The second-order valence-electron chi connectivity index (χ2n) is 5.44. The van der Waals surface area contributed by atoms with E-state index in [1.165, 1.54) is 17.8 Å². The third kappa shape index (κ3) is 3.75. The lowest BCUT2D eigenvalue weighted by molar-refractivity contribution is -0.0301. The summed E-state index contributed by atoms with van der Waals surface area (Å²) in [6.45, 7) is 7.04. The Bertz CT molecular complexity index is 405. The lowest BCUT2D eigenvalue weighted by Crippen LogP contribution is -2.47. The normalized spacial score (nSPS) is 24.8. The fraction of sp³-hybridized carbons (Fsp3) is 0.786. The molecule has 0 amide bonds. The number of nitrogens with zero attached hydrogens (tertiary/aromatic N) is 2. The van der Waals surface area contributed by atoms with Crippen molar-refractivity contribution in [1.82, 2.24) is 15.2 Å². The largest absolute Gasteiger partial charge is 0.374 e. The van der Waals surface area contributed by atoms with E-state index in [1.807, 2.05) is 0 Å². The van der Waals surface area contributed by atoms with Crippen LogP contribution in [0.5, 0.6) is 0 Å². The number of thiazole rings is 1. The van der Waals surface area contributed by atoms with Gasteiger partial charge in [-0.2, -0.15) is 0 Å². The first-order valence-corrected chi connectivity index (χ1v) is 8.22. The van der Waals surface area contributed by atoms with Crippen molar-refractivity contribution < 1.29 is 4.74 Å². The predicted molar refractivity (Wildman–Crippen MR) is 77.5 cm³/mol. The van der Waals surface area contributed by atoms with Crippen molar-refractivity contribution in [2.75, 3.05) is 26.2 Å². The fourth-order valence-corrected chi connectivity index (χ4v) is 3.34. The predicted octanol–water partition coefficient (Wildman–Crippen LogP) is 1.66. The summed E-state index contributed by atoms with van der Waals surface area (Å²) in [5.74, 6) is 0. The molecule has 0 spiro atoms. The van der Waals surface area contributed by atoms with Gasteiger partial charge in [0.2, 0.25) is 0 Å². The van der Waals surface area contributed by atoms with Crippen molar-refractivity contribution in [2.45, 2.75) is 44.9 Å². The number of morpholine rings is 1. The molecule has 3 rings (SSSR count). The van der Waals surface area contributed by atoms with Gasteiger partial charge in [0.05, 0.1) is 23.4 Å². The fourth-order valence-electron chi connectivity index (χ4n) is 2.59. The monoisotopic (exact) mass is 281 g/mol. The first-order valence-electron chi connectivity index (χ1n) is 7.35. The molecule has 1 N–H and O–H groups in total. The highest BCUT2D eigenvalue weighted by molar-refractivity contribution is 7.09. The Kier molecular flexibility index (Phi) is 4.48. The molecular weight excluding hydrogens is 258 g/mol. The Labute approximate surface area is 119 Å². The van der Waals surface area contributed by atoms with Gasteiger partial charge in [-0.1, -0.05) is 6.92 Å². The van der Waals surface area contributed by atoms with E-state index in [4.69, 9.17) is 4.74 Å². The molecule has 2 aliphatic rings. The summed E-state index contributed by atoms with van der Waals surface area (Å²) in [4.78, 5) is 7.16. The first-order chi connectivity index (χ1) is 9.35. The molecule has 1 saturated heterocycles. The summed E-state index contributed by atoms with van der Waals surface area (Å²) in [5, 5.41) is 6.87. The lowest BCUT2D eigenvalue weighted by atomic mass is 10.2. The number of rotatable bonds is 6. The molecule has 5 heteroatoms. The van der Waals surface area contributed by atoms with Crippen molar-refractivity contribution in [3.05, 3.63) is 16.1 Å². The molecule has 106 valence electrons. The van der Waals surface area contributed by atoms with E-state index in [-0.39, 0.29) is 0 Å². The number of ether oxygens (including phenoxy) is 1. The summed E-state index contributed by atoms with van der Waals surface area (Å²) in [6, 6.07) is 0.858. The summed E-state index contributed by atoms with van der Waals surface area (Å²) in [6.07, 6.45) is 4.16. The van der Waals surface area contributed by atoms with Gasteiger partial charge in [0.1, 0.15) is 0 Å². The van der Waals surface area contributed by atoms with Gasteiger partial charge in [-0.25, -0.2) is 4.98 Å². The Morgan fingerprint density at radius 2 is 2.42 bits per heavy atom. The molecule has 19 heavy (non-hydrogen) atoms. The number of hydrogen-bond acceptors (Lipinski definition) is 5. The zero-order valence-electron chi connectivity index (χ0n) is 11.6. The Morgan fingerprint density at radius 1 is 1.53 bits per heavy atom. The van der Waals surface area contributed by atoms with Gasteiger partial charge in [-0.15, -0.1) is 11.3 Å². The smallest absolute Gasteiger partial charge is 0.0926 e. The van der Waals surface area contributed by atoms with Crippen LogP contribution in [0.2, 0.25) is 0 Å². The van der Waals surface area contributed by atoms with Crippen molar-refractivity contribution in [3.63, 3.8) is 0 Å². The van der Waals surface area contributed by atoms with Crippen molar-refractivity contribution in [2.24, 2.45) is 0 Å². The van der Waals surface area contributed by atoms with E-state index in [2.05, 4.69) is 27.5 Å². The maximum Gasteiger partial charge on any atom is 0.0926 e. The van der Waals surface area contributed by atoms with Crippen LogP contribution in [0.25, 0.3) is 0 Å². The van der Waals surface area contributed by atoms with Gasteiger partial charge in [0.15, 0.2) is 0 Å². The van der Waals surface area contributed by atoms with Crippen molar-refractivity contribution >= 4 is 11.3 Å². The topological polar surface area (TPSA) is 37.4 Å². The molecule has 1 aromatic heterocycles. The molecule has 1 saturated carbocycles. The molecule has 2 heterocycles. The molecule has 1 aliphatic carbocycles. The second-order valence-corrected chi connectivity index (χ2v) is 6.38. The molecule has 0 aromatic carbocycles. The Balaban J connectivity index is 1.39. The van der Waals surface area contributed by atoms with E-state index in [0.717, 1.165) is 50.9 Å². The van der Waals surface area contributed by atoms with E-state index in [9.17, 15) is 0 Å². The van der Waals surface area contributed by atoms with Crippen molar-refractivity contribution in [3.8, 4) is 0 Å². The van der Waals surface area contributed by atoms with Crippen molar-refractivity contribution in [1.29, 1.82) is 0 Å². The zero-order chi connectivity index (χ0) is 13.1. The van der Waals surface area contributed by atoms with Crippen LogP contribution in [0.15, 0.2) is 5.38 Å². The van der Waals surface area contributed by atoms with Crippen LogP contribution in [-0.4, -0.2) is 48.3 Å². The van der Waals surface area contributed by atoms with E-state index in [0.29, 0.717) is 6.10 Å². The molecule has 1 atom stereocenters. The number of nitrogens with one attached hydrogen (secondary N) is 1. The minimum Gasteiger partial charge on any atom is -0.374 e. The maximum absolute atomic E-state index is 5.83. The minimum atomic E-state index is 0.346. The van der Waals surface area contributed by atoms with Gasteiger partial charge in [-0.05, 0) is 19.3 Å². The Hall–Kier alpha value is -0.490. The lowest BCUT2D eigenvalue weighted by Gasteiger charge is -2.33. The third-order valence-electron chi connectivity index (χ3n) is 3.81. The third-order valence-corrected chi connectivity index (χ3v) is 4.86. The summed E-state index contributed by atoms with van der Waals surface area (Å²) >= 11 is 1.76. The molecule has 0 unspecified atom stereocenters. The number of hydrogen-bond donors (Lipinski definition) is 1. The highest BCUT2D eigenvalue weighted by Gasteiger charge is 2.32. The van der Waals surface area contributed by atoms with E-state index >= 15 is 0 Å². The standard InChI is InChI=1S/C14H23N3OS/c1-2-14-16-11(10-19-14)7-15-8-13-9-17(5-6-18-13)12-3-4-12/h10,12-13,15H,2-9H2,1H3/t13-/m0/s1. The molecule has 1 aromatic rings. The first kappa shape index (κ1) is 13.5. The minimum absolute atomic E-state index is 0.346. The van der Waals surface area contributed by atoms with Crippen LogP contribution < -0.4 is 5.32 Å². The highest BCUT2D eigenvalue weighted by atomic mass is 32.1. The zero-order valence-corrected chi connectivity index (χ0v) is 12.4. The van der Waals surface area contributed by atoms with Gasteiger partial charge in [-0.3, -0.25) is 4.90 Å². The van der Waals surface area contributed by atoms with E-state index in [1.54, 1.807) is 11.3 Å². The summed E-state index contributed by atoms with van der Waals surface area (Å²) in [5.41, 5.74) is 1.16. The number of aromatic nitrogens is 1. The average Bonchev–Trinajstić information content (AvgIpc) is 3.19. The van der Waals surface area contributed by atoms with Gasteiger partial charge >= 0.3 is 0 Å². The molecule has 2 fully saturated rings. The summed E-state index contributed by atoms with van der Waals surface area (Å²) < 4.78 is 5.83. The van der Waals surface area contributed by atoms with Crippen LogP contribution >= 0.6 is 11.3 Å². The SMILES string of the molecule is CCc1nc(CNC[C@H]2CN(C3CC3)CCO2)cs1. The molecule has 4 nitrogen and oxygen atoms in total. The van der Waals surface area contributed by atoms with E-state index < -0.39 is 0 Å². The average molecular weight is 281 g/mol. The quantitative estimate of drug-likeness (QED) is 0.860. The second kappa shape index (κ2) is 6.31.